The van der Waals surface area contributed by atoms with E-state index >= 15 is 0 Å². The summed E-state index contributed by atoms with van der Waals surface area (Å²) in [6.07, 6.45) is 1.17. The zero-order chi connectivity index (χ0) is 14.4. The summed E-state index contributed by atoms with van der Waals surface area (Å²) < 4.78 is 0. The Bertz CT molecular complexity index is 471. The highest BCUT2D eigenvalue weighted by Crippen LogP contribution is 2.47. The Labute approximate surface area is 116 Å². The van der Waals surface area contributed by atoms with Crippen molar-refractivity contribution in [3.8, 4) is 0 Å². The van der Waals surface area contributed by atoms with Gasteiger partial charge in [0.1, 0.15) is 12.6 Å². The molecule has 1 atom stereocenters. The Morgan fingerprint density at radius 1 is 1.42 bits per heavy atom. The van der Waals surface area contributed by atoms with E-state index in [4.69, 9.17) is 18.0 Å². The van der Waals surface area contributed by atoms with E-state index in [0.717, 1.165) is 0 Å². The first-order chi connectivity index (χ1) is 8.78. The number of hydrogen-bond donors (Lipinski definition) is 2. The third-order valence-corrected chi connectivity index (χ3v) is 4.35. The Hall–Kier alpha value is -1.50. The van der Waals surface area contributed by atoms with Gasteiger partial charge in [-0.1, -0.05) is 19.1 Å². The van der Waals surface area contributed by atoms with Crippen molar-refractivity contribution in [3.05, 3.63) is 0 Å². The molecule has 0 aromatic carbocycles. The van der Waals surface area contributed by atoms with Crippen molar-refractivity contribution in [1.29, 1.82) is 0 Å². The number of thiocarbonyl (C=S) groups is 1. The molecule has 1 aliphatic carbocycles. The number of imide groups is 1. The highest BCUT2D eigenvalue weighted by molar-refractivity contribution is 7.80. The van der Waals surface area contributed by atoms with Crippen LogP contribution in [0.3, 0.4) is 0 Å². The summed E-state index contributed by atoms with van der Waals surface area (Å²) in [5.74, 6) is -0.860. The van der Waals surface area contributed by atoms with Crippen molar-refractivity contribution in [1.82, 2.24) is 10.2 Å². The average molecular weight is 283 g/mol. The van der Waals surface area contributed by atoms with E-state index in [1.165, 1.54) is 4.90 Å². The molecule has 0 aromatic heterocycles. The number of nitrogens with two attached hydrogens (primary N) is 1. The Morgan fingerprint density at radius 2 is 2.00 bits per heavy atom. The number of nitrogens with zero attached hydrogens (tertiary/aromatic N) is 1. The van der Waals surface area contributed by atoms with Gasteiger partial charge in [0.15, 0.2) is 0 Å². The van der Waals surface area contributed by atoms with Crippen LogP contribution in [-0.2, 0) is 14.4 Å². The van der Waals surface area contributed by atoms with E-state index in [0.29, 0.717) is 18.8 Å². The van der Waals surface area contributed by atoms with Gasteiger partial charge in [0.2, 0.25) is 17.7 Å². The van der Waals surface area contributed by atoms with Crippen LogP contribution >= 0.6 is 12.2 Å². The van der Waals surface area contributed by atoms with E-state index in [1.54, 1.807) is 6.92 Å². The lowest BCUT2D eigenvalue weighted by Crippen LogP contribution is -2.65. The van der Waals surface area contributed by atoms with Gasteiger partial charge in [0, 0.05) is 0 Å². The second-order valence-corrected chi connectivity index (χ2v) is 5.92. The van der Waals surface area contributed by atoms with Crippen LogP contribution in [0, 0.1) is 11.3 Å². The molecule has 0 bridgehead atoms. The molecule has 19 heavy (non-hydrogen) atoms. The monoisotopic (exact) mass is 283 g/mol. The molecule has 1 saturated carbocycles. The molecule has 2 fully saturated rings. The summed E-state index contributed by atoms with van der Waals surface area (Å²) in [6.45, 7) is 3.49. The molecule has 1 unspecified atom stereocenters. The molecular weight excluding hydrogens is 266 g/mol. The van der Waals surface area contributed by atoms with Crippen molar-refractivity contribution in [3.63, 3.8) is 0 Å². The topological polar surface area (TPSA) is 92.5 Å². The number of amides is 3. The van der Waals surface area contributed by atoms with Crippen molar-refractivity contribution >= 4 is 34.9 Å². The fourth-order valence-corrected chi connectivity index (χ4v) is 3.10. The lowest BCUT2D eigenvalue weighted by atomic mass is 9.61. The molecule has 2 rings (SSSR count). The summed E-state index contributed by atoms with van der Waals surface area (Å²) in [5, 5.41) is 2.20. The van der Waals surface area contributed by atoms with Crippen molar-refractivity contribution in [2.45, 2.75) is 32.7 Å². The van der Waals surface area contributed by atoms with E-state index in [2.05, 4.69) is 5.32 Å². The van der Waals surface area contributed by atoms with E-state index < -0.39 is 23.3 Å². The Balaban J connectivity index is 2.25. The minimum absolute atomic E-state index is 0.121. The number of hydrogen-bond acceptors (Lipinski definition) is 4. The van der Waals surface area contributed by atoms with E-state index in [9.17, 15) is 14.4 Å². The van der Waals surface area contributed by atoms with Gasteiger partial charge in [-0.2, -0.15) is 0 Å². The molecule has 104 valence electrons. The molecule has 1 aliphatic heterocycles. The van der Waals surface area contributed by atoms with Gasteiger partial charge in [-0.25, -0.2) is 0 Å². The summed E-state index contributed by atoms with van der Waals surface area (Å²) >= 11 is 5.02. The van der Waals surface area contributed by atoms with Gasteiger partial charge in [0.05, 0.1) is 10.4 Å². The molecule has 0 spiro atoms. The first-order valence-corrected chi connectivity index (χ1v) is 6.63. The lowest BCUT2D eigenvalue weighted by molar-refractivity contribution is -0.156. The number of rotatable bonds is 2. The number of piperazine rings is 1. The normalized spacial score (nSPS) is 34.5. The fourth-order valence-electron chi connectivity index (χ4n) is 2.85. The van der Waals surface area contributed by atoms with E-state index in [1.807, 2.05) is 6.92 Å². The van der Waals surface area contributed by atoms with Crippen LogP contribution in [0.25, 0.3) is 0 Å². The first kappa shape index (κ1) is 13.9. The maximum absolute atomic E-state index is 12.6. The molecule has 6 nitrogen and oxygen atoms in total. The van der Waals surface area contributed by atoms with Crippen molar-refractivity contribution < 1.29 is 14.4 Å². The van der Waals surface area contributed by atoms with Gasteiger partial charge in [-0.15, -0.1) is 0 Å². The largest absolute Gasteiger partial charge is 0.392 e. The summed E-state index contributed by atoms with van der Waals surface area (Å²) in [4.78, 5) is 37.1. The van der Waals surface area contributed by atoms with Crippen LogP contribution < -0.4 is 11.1 Å². The summed E-state index contributed by atoms with van der Waals surface area (Å²) in [6, 6.07) is -0.674. The average Bonchev–Trinajstić information content (AvgIpc) is 2.28. The SMILES string of the molecule is CC1CC(C(=O)N2CC(=O)NC(=O)C2C)(C(N)=S)C1. The fraction of sp³-hybridized carbons (Fsp3) is 0.667. The third kappa shape index (κ3) is 2.11. The molecule has 1 saturated heterocycles. The van der Waals surface area contributed by atoms with Crippen LogP contribution in [0.4, 0.5) is 0 Å². The van der Waals surface area contributed by atoms with Gasteiger partial charge in [0.25, 0.3) is 0 Å². The zero-order valence-corrected chi connectivity index (χ0v) is 11.8. The molecule has 3 N–H and O–H groups in total. The van der Waals surface area contributed by atoms with Crippen LogP contribution in [0.15, 0.2) is 0 Å². The molecule has 3 amide bonds. The van der Waals surface area contributed by atoms with Crippen LogP contribution in [0.5, 0.6) is 0 Å². The van der Waals surface area contributed by atoms with Gasteiger partial charge < -0.3 is 10.6 Å². The maximum atomic E-state index is 12.6. The number of carbonyl (C=O) groups excluding carboxylic acids is 3. The number of carbonyl (C=O) groups is 3. The third-order valence-electron chi connectivity index (χ3n) is 3.96. The van der Waals surface area contributed by atoms with Crippen LogP contribution in [0.2, 0.25) is 0 Å². The second kappa shape index (κ2) is 4.56. The standard InChI is InChI=1S/C12H17N3O3S/c1-6-3-12(4-6,10(13)19)11(18)15-5-8(16)14-9(17)7(15)2/h6-7H,3-5H2,1-2H3,(H2,13,19)(H,14,16,17). The highest BCUT2D eigenvalue weighted by Gasteiger charge is 2.54. The molecule has 0 aromatic rings. The highest BCUT2D eigenvalue weighted by atomic mass is 32.1. The minimum Gasteiger partial charge on any atom is -0.392 e. The Kier molecular flexibility index (Phi) is 3.34. The first-order valence-electron chi connectivity index (χ1n) is 6.22. The maximum Gasteiger partial charge on any atom is 0.249 e. The smallest absolute Gasteiger partial charge is 0.249 e. The van der Waals surface area contributed by atoms with Crippen molar-refractivity contribution in [2.24, 2.45) is 17.1 Å². The molecule has 0 radical (unpaired) electrons. The van der Waals surface area contributed by atoms with Gasteiger partial charge >= 0.3 is 0 Å². The lowest BCUT2D eigenvalue weighted by Gasteiger charge is -2.48. The number of nitrogens with one attached hydrogen (secondary N) is 1. The van der Waals surface area contributed by atoms with Gasteiger partial charge in [-0.3, -0.25) is 19.7 Å². The molecule has 2 aliphatic rings. The van der Waals surface area contributed by atoms with E-state index in [-0.39, 0.29) is 17.4 Å². The predicted molar refractivity (Wildman–Crippen MR) is 71.9 cm³/mol. The summed E-state index contributed by atoms with van der Waals surface area (Å²) in [7, 11) is 0. The molecular formula is C12H17N3O3S. The van der Waals surface area contributed by atoms with Crippen molar-refractivity contribution in [2.75, 3.05) is 6.54 Å². The summed E-state index contributed by atoms with van der Waals surface area (Å²) in [5.41, 5.74) is 4.84. The van der Waals surface area contributed by atoms with Crippen LogP contribution in [-0.4, -0.2) is 40.2 Å². The zero-order valence-electron chi connectivity index (χ0n) is 10.9. The Morgan fingerprint density at radius 3 is 2.47 bits per heavy atom. The minimum atomic E-state index is -0.874. The van der Waals surface area contributed by atoms with Gasteiger partial charge in [-0.05, 0) is 25.7 Å². The predicted octanol–water partition coefficient (Wildman–Crippen LogP) is -0.438. The molecule has 1 heterocycles. The molecule has 7 heteroatoms. The second-order valence-electron chi connectivity index (χ2n) is 5.48. The quantitative estimate of drug-likeness (QED) is 0.529. The van der Waals surface area contributed by atoms with Crippen LogP contribution in [0.1, 0.15) is 26.7 Å².